The van der Waals surface area contributed by atoms with Crippen molar-refractivity contribution in [1.82, 2.24) is 9.55 Å². The van der Waals surface area contributed by atoms with Crippen LogP contribution in [0.4, 0.5) is 0 Å². The Morgan fingerprint density at radius 3 is 2.96 bits per heavy atom. The van der Waals surface area contributed by atoms with Gasteiger partial charge in [0.15, 0.2) is 23.0 Å². The molecule has 0 saturated carbocycles. The lowest BCUT2D eigenvalue weighted by molar-refractivity contribution is 0.174. The lowest BCUT2D eigenvalue weighted by Crippen LogP contribution is -2.24. The molecule has 0 spiro atoms. The van der Waals surface area contributed by atoms with Crippen LogP contribution in [0.3, 0.4) is 0 Å². The Morgan fingerprint density at radius 1 is 1.12 bits per heavy atom. The van der Waals surface area contributed by atoms with Crippen LogP contribution < -0.4 is 18.9 Å². The number of benzene rings is 2. The van der Waals surface area contributed by atoms with Crippen molar-refractivity contribution in [3.63, 3.8) is 0 Å². The second kappa shape index (κ2) is 5.98. The highest BCUT2D eigenvalue weighted by atomic mass is 16.7. The van der Waals surface area contributed by atoms with Crippen LogP contribution in [0.15, 0.2) is 48.8 Å². The lowest BCUT2D eigenvalue weighted by Gasteiger charge is -2.28. The summed E-state index contributed by atoms with van der Waals surface area (Å²) in [6.07, 6.45) is 4.68. The molecule has 1 aromatic heterocycles. The molecule has 0 aliphatic carbocycles. The molecular weight excluding hydrogens is 332 g/mol. The summed E-state index contributed by atoms with van der Waals surface area (Å²) in [6, 6.07) is 12.1. The molecule has 6 heteroatoms. The molecule has 6 nitrogen and oxygen atoms in total. The molecule has 5 rings (SSSR count). The Hall–Kier alpha value is -3.15. The van der Waals surface area contributed by atoms with Crippen LogP contribution in [0.25, 0.3) is 11.4 Å². The summed E-state index contributed by atoms with van der Waals surface area (Å²) >= 11 is 0. The fourth-order valence-electron chi connectivity index (χ4n) is 3.58. The zero-order chi connectivity index (χ0) is 17.5. The van der Waals surface area contributed by atoms with E-state index in [9.17, 15) is 0 Å². The van der Waals surface area contributed by atoms with Crippen LogP contribution in [-0.2, 0) is 6.42 Å². The molecule has 132 valence electrons. The maximum atomic E-state index is 6.03. The van der Waals surface area contributed by atoms with Crippen molar-refractivity contribution in [3.8, 4) is 34.4 Å². The summed E-state index contributed by atoms with van der Waals surface area (Å²) in [6.45, 7) is 0.837. The molecule has 0 bridgehead atoms. The van der Waals surface area contributed by atoms with E-state index in [1.54, 1.807) is 7.11 Å². The van der Waals surface area contributed by atoms with Crippen LogP contribution in [0.1, 0.15) is 11.6 Å². The molecule has 3 heterocycles. The van der Waals surface area contributed by atoms with E-state index in [2.05, 4.69) is 15.6 Å². The number of methoxy groups -OCH3 is 1. The van der Waals surface area contributed by atoms with Gasteiger partial charge in [0.1, 0.15) is 12.4 Å². The Labute approximate surface area is 150 Å². The van der Waals surface area contributed by atoms with Gasteiger partial charge >= 0.3 is 0 Å². The Balaban J connectivity index is 1.48. The Kier molecular flexibility index (Phi) is 3.48. The Bertz CT molecular complexity index is 966. The monoisotopic (exact) mass is 350 g/mol. The van der Waals surface area contributed by atoms with Gasteiger partial charge in [-0.1, -0.05) is 12.1 Å². The summed E-state index contributed by atoms with van der Waals surface area (Å²) in [5.74, 6) is 4.04. The summed E-state index contributed by atoms with van der Waals surface area (Å²) in [4.78, 5) is 4.56. The number of fused-ring (bicyclic) bond motifs is 2. The molecule has 0 radical (unpaired) electrons. The van der Waals surface area contributed by atoms with Gasteiger partial charge in [-0.3, -0.25) is 0 Å². The molecule has 0 amide bonds. The van der Waals surface area contributed by atoms with Gasteiger partial charge < -0.3 is 23.5 Å². The first kappa shape index (κ1) is 15.1. The number of hydrogen-bond acceptors (Lipinski definition) is 5. The van der Waals surface area contributed by atoms with Crippen molar-refractivity contribution in [2.24, 2.45) is 0 Å². The van der Waals surface area contributed by atoms with Crippen LogP contribution in [-0.4, -0.2) is 30.1 Å². The van der Waals surface area contributed by atoms with Gasteiger partial charge in [-0.05, 0) is 24.3 Å². The van der Waals surface area contributed by atoms with Crippen LogP contribution in [0.2, 0.25) is 0 Å². The van der Waals surface area contributed by atoms with Crippen molar-refractivity contribution in [2.75, 3.05) is 20.5 Å². The molecule has 0 fully saturated rings. The normalized spacial score (nSPS) is 17.5. The number of hydrogen-bond donors (Lipinski definition) is 0. The minimum Gasteiger partial charge on any atom is -0.493 e. The molecule has 1 atom stereocenters. The van der Waals surface area contributed by atoms with E-state index < -0.39 is 0 Å². The molecule has 26 heavy (non-hydrogen) atoms. The predicted molar refractivity (Wildman–Crippen MR) is 95.0 cm³/mol. The van der Waals surface area contributed by atoms with E-state index in [-0.39, 0.29) is 12.8 Å². The largest absolute Gasteiger partial charge is 0.493 e. The van der Waals surface area contributed by atoms with Crippen molar-refractivity contribution >= 4 is 0 Å². The topological polar surface area (TPSA) is 54.7 Å². The van der Waals surface area contributed by atoms with Crippen LogP contribution in [0, 0.1) is 0 Å². The molecule has 3 aromatic rings. The van der Waals surface area contributed by atoms with E-state index in [0.717, 1.165) is 46.4 Å². The first-order valence-electron chi connectivity index (χ1n) is 8.55. The SMILES string of the molecule is COc1cccc2c1OCC(n1ccnc1-c1ccc3c(c1)OCO3)C2. The summed E-state index contributed by atoms with van der Waals surface area (Å²) in [7, 11) is 1.67. The number of rotatable bonds is 3. The maximum absolute atomic E-state index is 6.03. The zero-order valence-electron chi connectivity index (χ0n) is 14.3. The molecule has 1 unspecified atom stereocenters. The Morgan fingerprint density at radius 2 is 2.04 bits per heavy atom. The van der Waals surface area contributed by atoms with Gasteiger partial charge in [0.25, 0.3) is 0 Å². The highest BCUT2D eigenvalue weighted by Crippen LogP contribution is 2.39. The molecule has 0 saturated heterocycles. The molecule has 2 aliphatic rings. The number of aromatic nitrogens is 2. The van der Waals surface area contributed by atoms with Gasteiger partial charge in [0, 0.05) is 29.9 Å². The second-order valence-electron chi connectivity index (χ2n) is 6.34. The third kappa shape index (κ3) is 2.37. The predicted octanol–water partition coefficient (Wildman–Crippen LogP) is 3.46. The summed E-state index contributed by atoms with van der Waals surface area (Å²) in [5, 5.41) is 0. The first-order valence-corrected chi connectivity index (χ1v) is 8.55. The van der Waals surface area contributed by atoms with Gasteiger partial charge in [-0.15, -0.1) is 0 Å². The van der Waals surface area contributed by atoms with Gasteiger partial charge in [0.05, 0.1) is 13.2 Å². The van der Waals surface area contributed by atoms with Crippen molar-refractivity contribution in [2.45, 2.75) is 12.5 Å². The highest BCUT2D eigenvalue weighted by molar-refractivity contribution is 5.62. The maximum Gasteiger partial charge on any atom is 0.231 e. The van der Waals surface area contributed by atoms with Gasteiger partial charge in [-0.25, -0.2) is 4.98 Å². The quantitative estimate of drug-likeness (QED) is 0.724. The average Bonchev–Trinajstić information content (AvgIpc) is 3.35. The lowest BCUT2D eigenvalue weighted by atomic mass is 10.0. The van der Waals surface area contributed by atoms with Crippen molar-refractivity contribution < 1.29 is 18.9 Å². The molecule has 2 aliphatic heterocycles. The number of imidazole rings is 1. The van der Waals surface area contributed by atoms with Crippen molar-refractivity contribution in [1.29, 1.82) is 0 Å². The van der Waals surface area contributed by atoms with Gasteiger partial charge in [0.2, 0.25) is 6.79 Å². The fraction of sp³-hybridized carbons (Fsp3) is 0.250. The van der Waals surface area contributed by atoms with E-state index in [4.69, 9.17) is 18.9 Å². The third-order valence-corrected chi connectivity index (χ3v) is 4.85. The highest BCUT2D eigenvalue weighted by Gasteiger charge is 2.26. The molecular formula is C20H18N2O4. The minimum atomic E-state index is 0.164. The summed E-state index contributed by atoms with van der Waals surface area (Å²) < 4.78 is 24.5. The van der Waals surface area contributed by atoms with E-state index in [1.807, 2.05) is 42.7 Å². The van der Waals surface area contributed by atoms with E-state index in [0.29, 0.717) is 6.61 Å². The number of para-hydroxylation sites is 1. The van der Waals surface area contributed by atoms with Crippen LogP contribution in [0.5, 0.6) is 23.0 Å². The third-order valence-electron chi connectivity index (χ3n) is 4.85. The van der Waals surface area contributed by atoms with Gasteiger partial charge in [-0.2, -0.15) is 0 Å². The zero-order valence-corrected chi connectivity index (χ0v) is 14.3. The molecule has 2 aromatic carbocycles. The summed E-state index contributed by atoms with van der Waals surface area (Å²) in [5.41, 5.74) is 2.14. The van der Waals surface area contributed by atoms with Crippen molar-refractivity contribution in [3.05, 3.63) is 54.4 Å². The van der Waals surface area contributed by atoms with E-state index in [1.165, 1.54) is 0 Å². The first-order chi connectivity index (χ1) is 12.8. The van der Waals surface area contributed by atoms with Crippen LogP contribution >= 0.6 is 0 Å². The second-order valence-corrected chi connectivity index (χ2v) is 6.34. The fourth-order valence-corrected chi connectivity index (χ4v) is 3.58. The smallest absolute Gasteiger partial charge is 0.231 e. The number of nitrogens with zero attached hydrogens (tertiary/aromatic N) is 2. The number of ether oxygens (including phenoxy) is 4. The standard InChI is InChI=1S/C20H18N2O4/c1-23-17-4-2-3-13-9-15(11-24-19(13)17)22-8-7-21-20(22)14-5-6-16-18(10-14)26-12-25-16/h2-8,10,15H,9,11-12H2,1H3. The van der Waals surface area contributed by atoms with E-state index >= 15 is 0 Å². The minimum absolute atomic E-state index is 0.164. The average molecular weight is 350 g/mol. The molecule has 0 N–H and O–H groups in total.